The highest BCUT2D eigenvalue weighted by atomic mass is 16.1. The molecule has 86 valence electrons. The molecule has 0 spiro atoms. The van der Waals surface area contributed by atoms with Crippen molar-refractivity contribution in [1.29, 1.82) is 0 Å². The number of benzene rings is 1. The zero-order valence-electron chi connectivity index (χ0n) is 9.73. The van der Waals surface area contributed by atoms with Gasteiger partial charge in [-0.1, -0.05) is 36.4 Å². The minimum absolute atomic E-state index is 0.0122. The monoisotopic (exact) mass is 233 g/mol. The van der Waals surface area contributed by atoms with Crippen LogP contribution in [0.15, 0.2) is 41.2 Å². The molecule has 0 aliphatic heterocycles. The van der Waals surface area contributed by atoms with Gasteiger partial charge in [0.05, 0.1) is 5.35 Å². The van der Waals surface area contributed by atoms with Crippen molar-refractivity contribution in [3.63, 3.8) is 0 Å². The summed E-state index contributed by atoms with van der Waals surface area (Å²) in [6, 6.07) is 8.17. The second-order valence-corrected chi connectivity index (χ2v) is 4.67. The van der Waals surface area contributed by atoms with Gasteiger partial charge in [-0.3, -0.25) is 4.79 Å². The van der Waals surface area contributed by atoms with Crippen LogP contribution in [0.5, 0.6) is 0 Å². The van der Waals surface area contributed by atoms with E-state index >= 15 is 0 Å². The van der Waals surface area contributed by atoms with Gasteiger partial charge in [0, 0.05) is 16.0 Å². The van der Waals surface area contributed by atoms with Crippen LogP contribution >= 0.6 is 0 Å². The standard InChI is InChI=1S/C16H11NO/c18-16-13-8-4-3-7-12(13)14-9-10-5-1-2-6-11(10)15(14)17-16/h1-6,8-9H,7H2,(H,17,18). The van der Waals surface area contributed by atoms with E-state index in [0.29, 0.717) is 0 Å². The van der Waals surface area contributed by atoms with E-state index in [-0.39, 0.29) is 5.56 Å². The first kappa shape index (κ1) is 9.66. The molecule has 2 aliphatic carbocycles. The first-order chi connectivity index (χ1) is 8.84. The topological polar surface area (TPSA) is 32.9 Å². The van der Waals surface area contributed by atoms with Gasteiger partial charge in [0.2, 0.25) is 0 Å². The smallest absolute Gasteiger partial charge is 0.256 e. The van der Waals surface area contributed by atoms with Crippen LogP contribution in [0.4, 0.5) is 0 Å². The molecular formula is C16H11NO. The Labute approximate surface area is 103 Å². The Balaban J connectivity index is 2.34. The van der Waals surface area contributed by atoms with Crippen molar-refractivity contribution in [2.24, 2.45) is 0 Å². The highest BCUT2D eigenvalue weighted by Gasteiger charge is 2.12. The number of aromatic amines is 1. The lowest BCUT2D eigenvalue weighted by molar-refractivity contribution is 1.07. The highest BCUT2D eigenvalue weighted by Crippen LogP contribution is 2.12. The fraction of sp³-hybridized carbons (Fsp3) is 0.0625. The van der Waals surface area contributed by atoms with Crippen molar-refractivity contribution in [2.45, 2.75) is 6.42 Å². The quantitative estimate of drug-likeness (QED) is 0.609. The van der Waals surface area contributed by atoms with Crippen molar-refractivity contribution in [2.75, 3.05) is 0 Å². The van der Waals surface area contributed by atoms with Crippen LogP contribution in [0, 0.1) is 10.6 Å². The Bertz CT molecular complexity index is 962. The summed E-state index contributed by atoms with van der Waals surface area (Å²) >= 11 is 0. The molecule has 0 bridgehead atoms. The Morgan fingerprint density at radius 1 is 1.17 bits per heavy atom. The normalized spacial score (nSPS) is 14.2. The Hall–Kier alpha value is -2.35. The minimum Gasteiger partial charge on any atom is -0.321 e. The summed E-state index contributed by atoms with van der Waals surface area (Å²) < 4.78 is 0. The maximum atomic E-state index is 12.1. The number of H-pyrrole nitrogens is 1. The fourth-order valence-electron chi connectivity index (χ4n) is 2.81. The number of pyridine rings is 1. The molecule has 2 aromatic rings. The lowest BCUT2D eigenvalue weighted by Gasteiger charge is -2.06. The van der Waals surface area contributed by atoms with Gasteiger partial charge in [-0.25, -0.2) is 0 Å². The van der Waals surface area contributed by atoms with E-state index in [1.54, 1.807) is 0 Å². The molecule has 0 saturated heterocycles. The van der Waals surface area contributed by atoms with E-state index in [9.17, 15) is 4.79 Å². The summed E-state index contributed by atoms with van der Waals surface area (Å²) in [5.41, 5.74) is 2.33. The van der Waals surface area contributed by atoms with E-state index in [1.165, 1.54) is 10.8 Å². The van der Waals surface area contributed by atoms with E-state index in [0.717, 1.165) is 27.8 Å². The third-order valence-electron chi connectivity index (χ3n) is 3.65. The Morgan fingerprint density at radius 3 is 3.00 bits per heavy atom. The molecule has 18 heavy (non-hydrogen) atoms. The zero-order chi connectivity index (χ0) is 12.1. The Kier molecular flexibility index (Phi) is 1.78. The van der Waals surface area contributed by atoms with Gasteiger partial charge in [0.25, 0.3) is 5.56 Å². The minimum atomic E-state index is 0.0122. The fourth-order valence-corrected chi connectivity index (χ4v) is 2.81. The van der Waals surface area contributed by atoms with Gasteiger partial charge in [-0.05, 0) is 29.4 Å². The number of hydrogen-bond donors (Lipinski definition) is 1. The number of hydrogen-bond acceptors (Lipinski definition) is 1. The molecule has 1 N–H and O–H groups in total. The molecule has 0 unspecified atom stereocenters. The molecule has 1 aromatic heterocycles. The van der Waals surface area contributed by atoms with Gasteiger partial charge in [-0.2, -0.15) is 0 Å². The van der Waals surface area contributed by atoms with E-state index in [1.807, 2.05) is 24.3 Å². The third-order valence-corrected chi connectivity index (χ3v) is 3.65. The second kappa shape index (κ2) is 3.33. The predicted octanol–water partition coefficient (Wildman–Crippen LogP) is 0.697. The number of allylic oxidation sites excluding steroid dienone is 2. The zero-order valence-corrected chi connectivity index (χ0v) is 9.73. The van der Waals surface area contributed by atoms with Crippen LogP contribution in [0.1, 0.15) is 11.1 Å². The summed E-state index contributed by atoms with van der Waals surface area (Å²) in [5.74, 6) is 0. The maximum absolute atomic E-state index is 12.1. The summed E-state index contributed by atoms with van der Waals surface area (Å²) in [5, 5.41) is 4.09. The molecular weight excluding hydrogens is 222 g/mol. The third kappa shape index (κ3) is 1.15. The molecule has 4 rings (SSSR count). The Morgan fingerprint density at radius 2 is 2.06 bits per heavy atom. The molecule has 1 heterocycles. The van der Waals surface area contributed by atoms with Gasteiger partial charge in [0.1, 0.15) is 0 Å². The molecule has 2 heteroatoms. The van der Waals surface area contributed by atoms with Crippen molar-refractivity contribution >= 4 is 12.2 Å². The van der Waals surface area contributed by atoms with E-state index < -0.39 is 0 Å². The molecule has 0 fully saturated rings. The predicted molar refractivity (Wildman–Crippen MR) is 71.3 cm³/mol. The first-order valence-electron chi connectivity index (χ1n) is 6.08. The van der Waals surface area contributed by atoms with Crippen LogP contribution in [-0.2, 0) is 6.42 Å². The molecule has 2 aliphatic rings. The van der Waals surface area contributed by atoms with E-state index in [4.69, 9.17) is 0 Å². The molecule has 0 atom stereocenters. The van der Waals surface area contributed by atoms with Gasteiger partial charge >= 0.3 is 0 Å². The van der Waals surface area contributed by atoms with Gasteiger partial charge in [-0.15, -0.1) is 0 Å². The maximum Gasteiger partial charge on any atom is 0.256 e. The SMILES string of the molecule is O=c1[nH]c2c(c3c1=CC=CC3)C=c1ccccc1=2. The van der Waals surface area contributed by atoms with Crippen molar-refractivity contribution in [3.8, 4) is 0 Å². The van der Waals surface area contributed by atoms with Gasteiger partial charge < -0.3 is 4.98 Å². The summed E-state index contributed by atoms with van der Waals surface area (Å²) in [6.45, 7) is 0. The van der Waals surface area contributed by atoms with Crippen LogP contribution < -0.4 is 16.0 Å². The van der Waals surface area contributed by atoms with Crippen molar-refractivity contribution in [3.05, 3.63) is 78.9 Å². The van der Waals surface area contributed by atoms with Crippen LogP contribution in [0.3, 0.4) is 0 Å². The second-order valence-electron chi connectivity index (χ2n) is 4.67. The first-order valence-corrected chi connectivity index (χ1v) is 6.08. The molecule has 2 nitrogen and oxygen atoms in total. The summed E-state index contributed by atoms with van der Waals surface area (Å²) in [6.07, 6.45) is 8.95. The van der Waals surface area contributed by atoms with Gasteiger partial charge in [0.15, 0.2) is 0 Å². The number of nitrogens with one attached hydrogen (secondary N) is 1. The molecule has 0 saturated carbocycles. The largest absolute Gasteiger partial charge is 0.321 e. The highest BCUT2D eigenvalue weighted by molar-refractivity contribution is 5.61. The van der Waals surface area contributed by atoms with Crippen LogP contribution in [0.2, 0.25) is 0 Å². The number of aromatic nitrogens is 1. The lowest BCUT2D eigenvalue weighted by Crippen LogP contribution is -2.33. The number of fused-ring (bicyclic) bond motifs is 4. The number of rotatable bonds is 0. The average Bonchev–Trinajstić information content (AvgIpc) is 2.78. The van der Waals surface area contributed by atoms with Crippen LogP contribution in [-0.4, -0.2) is 4.98 Å². The van der Waals surface area contributed by atoms with E-state index in [2.05, 4.69) is 29.3 Å². The lowest BCUT2D eigenvalue weighted by atomic mass is 10.0. The van der Waals surface area contributed by atoms with Crippen molar-refractivity contribution < 1.29 is 0 Å². The summed E-state index contributed by atoms with van der Waals surface area (Å²) in [7, 11) is 0. The van der Waals surface area contributed by atoms with Crippen LogP contribution in [0.25, 0.3) is 12.2 Å². The summed E-state index contributed by atoms with van der Waals surface area (Å²) in [4.78, 5) is 15.1. The molecule has 0 amide bonds. The van der Waals surface area contributed by atoms with Crippen molar-refractivity contribution in [1.82, 2.24) is 4.98 Å². The molecule has 0 radical (unpaired) electrons. The average molecular weight is 233 g/mol. The molecule has 1 aromatic carbocycles.